The zero-order valence-corrected chi connectivity index (χ0v) is 14.7. The van der Waals surface area contributed by atoms with E-state index in [0.717, 1.165) is 0 Å². The molecule has 1 amide bonds. The van der Waals surface area contributed by atoms with Crippen molar-refractivity contribution in [3.05, 3.63) is 58.5 Å². The lowest BCUT2D eigenvalue weighted by Crippen LogP contribution is -2.40. The summed E-state index contributed by atoms with van der Waals surface area (Å²) in [6, 6.07) is 7.16. The van der Waals surface area contributed by atoms with Crippen molar-refractivity contribution in [2.45, 2.75) is 6.10 Å². The Hall–Kier alpha value is -2.22. The third-order valence-electron chi connectivity index (χ3n) is 4.10. The summed E-state index contributed by atoms with van der Waals surface area (Å²) in [6.45, 7) is 2.28. The van der Waals surface area contributed by atoms with E-state index in [4.69, 9.17) is 16.3 Å². The number of hydrogen-bond donors (Lipinski definition) is 2. The van der Waals surface area contributed by atoms with E-state index in [2.05, 4.69) is 10.3 Å². The zero-order valence-electron chi connectivity index (χ0n) is 14.0. The van der Waals surface area contributed by atoms with Crippen LogP contribution < -0.4 is 5.32 Å². The van der Waals surface area contributed by atoms with Crippen LogP contribution in [0.3, 0.4) is 0 Å². The smallest absolute Gasteiger partial charge is 0.255 e. The number of nitrogens with zero attached hydrogens (tertiary/aromatic N) is 2. The molecule has 0 bridgehead atoms. The number of carbonyl (C=O) groups is 1. The maximum Gasteiger partial charge on any atom is 0.255 e. The normalized spacial score (nSPS) is 15.6. The summed E-state index contributed by atoms with van der Waals surface area (Å²) in [5.74, 6) is -0.133. The van der Waals surface area contributed by atoms with Crippen molar-refractivity contribution in [1.29, 1.82) is 0 Å². The van der Waals surface area contributed by atoms with Gasteiger partial charge in [0, 0.05) is 25.8 Å². The van der Waals surface area contributed by atoms with Crippen molar-refractivity contribution in [2.75, 3.05) is 38.2 Å². The van der Waals surface area contributed by atoms with Gasteiger partial charge in [0.15, 0.2) is 0 Å². The molecule has 2 aromatic rings. The van der Waals surface area contributed by atoms with Crippen LogP contribution in [0.2, 0.25) is 5.02 Å². The molecule has 0 saturated carbocycles. The number of aliphatic hydroxyl groups excluding tert-OH is 1. The lowest BCUT2D eigenvalue weighted by Gasteiger charge is -2.26. The number of pyridine rings is 1. The summed E-state index contributed by atoms with van der Waals surface area (Å²) in [6.07, 6.45) is 0.610. The van der Waals surface area contributed by atoms with Gasteiger partial charge in [-0.15, -0.1) is 0 Å². The molecule has 0 spiro atoms. The molecule has 1 aromatic heterocycles. The Morgan fingerprint density at radius 1 is 1.35 bits per heavy atom. The van der Waals surface area contributed by atoms with Crippen LogP contribution in [0.15, 0.2) is 36.5 Å². The largest absolute Gasteiger partial charge is 0.387 e. The van der Waals surface area contributed by atoms with Crippen molar-refractivity contribution in [1.82, 2.24) is 9.88 Å². The highest BCUT2D eigenvalue weighted by molar-refractivity contribution is 6.33. The van der Waals surface area contributed by atoms with Gasteiger partial charge in [-0.2, -0.15) is 0 Å². The van der Waals surface area contributed by atoms with E-state index in [9.17, 15) is 14.3 Å². The second kappa shape index (κ2) is 8.44. The van der Waals surface area contributed by atoms with Gasteiger partial charge in [0.25, 0.3) is 5.91 Å². The van der Waals surface area contributed by atoms with E-state index in [0.29, 0.717) is 43.2 Å². The van der Waals surface area contributed by atoms with Crippen LogP contribution >= 0.6 is 11.6 Å². The van der Waals surface area contributed by atoms with Gasteiger partial charge in [-0.25, -0.2) is 9.37 Å². The third-order valence-corrected chi connectivity index (χ3v) is 4.39. The molecule has 1 fully saturated rings. The molecule has 1 aliphatic rings. The number of carbonyl (C=O) groups excluding carboxylic acids is 1. The second-order valence-electron chi connectivity index (χ2n) is 5.91. The van der Waals surface area contributed by atoms with E-state index in [1.165, 1.54) is 30.5 Å². The number of halogens is 2. The minimum atomic E-state index is -0.844. The number of anilines is 1. The van der Waals surface area contributed by atoms with Gasteiger partial charge < -0.3 is 20.1 Å². The van der Waals surface area contributed by atoms with Crippen LogP contribution in [0, 0.1) is 5.82 Å². The number of rotatable bonds is 5. The minimum absolute atomic E-state index is 0.138. The van der Waals surface area contributed by atoms with Crippen LogP contribution in [0.25, 0.3) is 0 Å². The summed E-state index contributed by atoms with van der Waals surface area (Å²) >= 11 is 6.21. The summed E-state index contributed by atoms with van der Waals surface area (Å²) < 4.78 is 18.2. The second-order valence-corrected chi connectivity index (χ2v) is 6.31. The van der Waals surface area contributed by atoms with Gasteiger partial charge >= 0.3 is 0 Å². The Bertz CT molecular complexity index is 767. The Balaban J connectivity index is 1.62. The Morgan fingerprint density at radius 3 is 2.69 bits per heavy atom. The molecule has 8 heteroatoms. The standard InChI is InChI=1S/C18H19ClFN3O3/c19-15-9-13(18(25)23-5-7-26-8-6-23)10-21-17(15)22-11-16(24)12-1-3-14(20)4-2-12/h1-4,9-10,16,24H,5-8,11H2,(H,21,22)/t16-/m0/s1. The van der Waals surface area contributed by atoms with E-state index in [-0.39, 0.29) is 23.3 Å². The molecular weight excluding hydrogens is 361 g/mol. The maximum atomic E-state index is 12.9. The maximum absolute atomic E-state index is 12.9. The van der Waals surface area contributed by atoms with E-state index < -0.39 is 6.10 Å². The molecule has 0 unspecified atom stereocenters. The van der Waals surface area contributed by atoms with Gasteiger partial charge in [-0.3, -0.25) is 4.79 Å². The van der Waals surface area contributed by atoms with Gasteiger partial charge in [0.1, 0.15) is 11.6 Å². The molecule has 6 nitrogen and oxygen atoms in total. The average molecular weight is 380 g/mol. The van der Waals surface area contributed by atoms with Gasteiger partial charge in [0.05, 0.1) is 29.9 Å². The molecule has 138 valence electrons. The lowest BCUT2D eigenvalue weighted by atomic mass is 10.1. The first kappa shape index (κ1) is 18.6. The number of benzene rings is 1. The monoisotopic (exact) mass is 379 g/mol. The molecule has 3 rings (SSSR count). The van der Waals surface area contributed by atoms with Crippen molar-refractivity contribution < 1.29 is 19.0 Å². The minimum Gasteiger partial charge on any atom is -0.387 e. The van der Waals surface area contributed by atoms with Crippen LogP contribution in [-0.4, -0.2) is 53.7 Å². The number of aliphatic hydroxyl groups is 1. The number of morpholine rings is 1. The summed E-state index contributed by atoms with van der Waals surface area (Å²) in [7, 11) is 0. The summed E-state index contributed by atoms with van der Waals surface area (Å²) in [4.78, 5) is 18.3. The summed E-state index contributed by atoms with van der Waals surface area (Å²) in [5.41, 5.74) is 0.982. The van der Waals surface area contributed by atoms with Gasteiger partial charge in [-0.1, -0.05) is 23.7 Å². The zero-order chi connectivity index (χ0) is 18.5. The first-order valence-electron chi connectivity index (χ1n) is 8.24. The number of amides is 1. The van der Waals surface area contributed by atoms with Crippen molar-refractivity contribution >= 4 is 23.3 Å². The Labute approximate surface area is 155 Å². The molecule has 1 aliphatic heterocycles. The van der Waals surface area contributed by atoms with Crippen LogP contribution in [0.1, 0.15) is 22.0 Å². The van der Waals surface area contributed by atoms with E-state index >= 15 is 0 Å². The van der Waals surface area contributed by atoms with Crippen LogP contribution in [-0.2, 0) is 4.74 Å². The highest BCUT2D eigenvalue weighted by Gasteiger charge is 2.20. The molecule has 0 radical (unpaired) electrons. The first-order valence-corrected chi connectivity index (χ1v) is 8.62. The SMILES string of the molecule is O=C(c1cnc(NC[C@H](O)c2ccc(F)cc2)c(Cl)c1)N1CCOCC1. The molecule has 26 heavy (non-hydrogen) atoms. The molecular formula is C18H19ClFN3O3. The highest BCUT2D eigenvalue weighted by Crippen LogP contribution is 2.22. The molecule has 1 atom stereocenters. The van der Waals surface area contributed by atoms with Crippen LogP contribution in [0.4, 0.5) is 10.2 Å². The third kappa shape index (κ3) is 4.49. The van der Waals surface area contributed by atoms with Crippen LogP contribution in [0.5, 0.6) is 0 Å². The molecule has 2 heterocycles. The Morgan fingerprint density at radius 2 is 2.04 bits per heavy atom. The van der Waals surface area contributed by atoms with Gasteiger partial charge in [0.2, 0.25) is 0 Å². The highest BCUT2D eigenvalue weighted by atomic mass is 35.5. The quantitative estimate of drug-likeness (QED) is 0.834. The Kier molecular flexibility index (Phi) is 6.03. The fourth-order valence-electron chi connectivity index (χ4n) is 2.63. The van der Waals surface area contributed by atoms with Crippen molar-refractivity contribution in [3.63, 3.8) is 0 Å². The van der Waals surface area contributed by atoms with Crippen molar-refractivity contribution in [3.8, 4) is 0 Å². The molecule has 2 N–H and O–H groups in total. The predicted octanol–water partition coefficient (Wildman–Crippen LogP) is 2.49. The summed E-state index contributed by atoms with van der Waals surface area (Å²) in [5, 5.41) is 13.4. The number of hydrogen-bond acceptors (Lipinski definition) is 5. The number of ether oxygens (including phenoxy) is 1. The number of aromatic nitrogens is 1. The molecule has 1 saturated heterocycles. The fourth-order valence-corrected chi connectivity index (χ4v) is 2.86. The fraction of sp³-hybridized carbons (Fsp3) is 0.333. The average Bonchev–Trinajstić information content (AvgIpc) is 2.67. The molecule has 1 aromatic carbocycles. The van der Waals surface area contributed by atoms with Crippen molar-refractivity contribution in [2.24, 2.45) is 0 Å². The van der Waals surface area contributed by atoms with Gasteiger partial charge in [-0.05, 0) is 23.8 Å². The molecule has 0 aliphatic carbocycles. The lowest BCUT2D eigenvalue weighted by molar-refractivity contribution is 0.0302. The predicted molar refractivity (Wildman–Crippen MR) is 95.8 cm³/mol. The number of nitrogens with one attached hydrogen (secondary N) is 1. The van der Waals surface area contributed by atoms with E-state index in [1.54, 1.807) is 11.0 Å². The van der Waals surface area contributed by atoms with E-state index in [1.807, 2.05) is 0 Å². The topological polar surface area (TPSA) is 74.7 Å². The first-order chi connectivity index (χ1) is 12.5.